The summed E-state index contributed by atoms with van der Waals surface area (Å²) in [5.41, 5.74) is 0. The topological polar surface area (TPSA) is 0 Å². The van der Waals surface area contributed by atoms with Crippen molar-refractivity contribution in [1.82, 2.24) is 0 Å². The Balaban J connectivity index is 2.11. The summed E-state index contributed by atoms with van der Waals surface area (Å²) in [6, 6.07) is 4.42. The van der Waals surface area contributed by atoms with E-state index in [2.05, 4.69) is 33.7 Å². The minimum atomic E-state index is 1.39. The Labute approximate surface area is 108 Å². The molecule has 0 saturated carbocycles. The predicted molar refractivity (Wildman–Crippen MR) is 78.4 cm³/mol. The zero-order chi connectivity index (χ0) is 10.5. The fourth-order valence-corrected chi connectivity index (χ4v) is 6.40. The highest BCUT2D eigenvalue weighted by molar-refractivity contribution is 7.30. The molecule has 16 heavy (non-hydrogen) atoms. The number of fused-ring (bicyclic) bond motifs is 2. The molecule has 0 aromatic carbocycles. The van der Waals surface area contributed by atoms with E-state index < -0.39 is 0 Å². The van der Waals surface area contributed by atoms with E-state index in [0.29, 0.717) is 0 Å². The van der Waals surface area contributed by atoms with E-state index in [1.165, 1.54) is 29.9 Å². The number of rotatable bonds is 1. The van der Waals surface area contributed by atoms with Crippen LogP contribution in [0, 0.1) is 0 Å². The largest absolute Gasteiger partial charge is 0.142 e. The van der Waals surface area contributed by atoms with Gasteiger partial charge in [0.2, 0.25) is 0 Å². The summed E-state index contributed by atoms with van der Waals surface area (Å²) in [5, 5.41) is 11.7. The highest BCUT2D eigenvalue weighted by Crippen LogP contribution is 2.45. The minimum Gasteiger partial charge on any atom is -0.142 e. The van der Waals surface area contributed by atoms with Gasteiger partial charge in [0.05, 0.1) is 19.2 Å². The van der Waals surface area contributed by atoms with Crippen molar-refractivity contribution in [2.24, 2.45) is 0 Å². The summed E-state index contributed by atoms with van der Waals surface area (Å²) in [4.78, 5) is 2.90. The van der Waals surface area contributed by atoms with Crippen molar-refractivity contribution in [3.63, 3.8) is 0 Å². The standard InChI is InChI=1S/C12H6S4/c1-3-13-9-7(1)5-15-11(9)12-10-8(6-16-12)2-4-14-10/h1-6H. The molecule has 4 aromatic heterocycles. The molecule has 0 aliphatic rings. The SMILES string of the molecule is c1cc2csc(-c3scc4ccsc34)c2s1. The van der Waals surface area contributed by atoms with E-state index in [0.717, 1.165) is 0 Å². The summed E-state index contributed by atoms with van der Waals surface area (Å²) < 4.78 is 2.89. The fraction of sp³-hybridized carbons (Fsp3) is 0. The maximum atomic E-state index is 2.26. The third kappa shape index (κ3) is 1.18. The normalized spacial score (nSPS) is 11.8. The Bertz CT molecular complexity index is 698. The van der Waals surface area contributed by atoms with Gasteiger partial charge in [0.15, 0.2) is 0 Å². The molecule has 4 heterocycles. The molecule has 0 radical (unpaired) electrons. The Morgan fingerprint density at radius 3 is 1.62 bits per heavy atom. The van der Waals surface area contributed by atoms with Crippen molar-refractivity contribution in [1.29, 1.82) is 0 Å². The first-order chi connectivity index (χ1) is 7.93. The van der Waals surface area contributed by atoms with E-state index in [9.17, 15) is 0 Å². The predicted octanol–water partition coefficient (Wildman–Crippen LogP) is 5.91. The smallest absolute Gasteiger partial charge is 0.0635 e. The molecule has 0 saturated heterocycles. The molecule has 0 spiro atoms. The van der Waals surface area contributed by atoms with Gasteiger partial charge >= 0.3 is 0 Å². The van der Waals surface area contributed by atoms with Crippen LogP contribution < -0.4 is 0 Å². The number of thiophene rings is 4. The van der Waals surface area contributed by atoms with E-state index in [-0.39, 0.29) is 0 Å². The maximum Gasteiger partial charge on any atom is 0.0635 e. The van der Waals surface area contributed by atoms with Crippen molar-refractivity contribution in [2.45, 2.75) is 0 Å². The monoisotopic (exact) mass is 278 g/mol. The molecule has 0 N–H and O–H groups in total. The number of hydrogen-bond donors (Lipinski definition) is 0. The first-order valence-corrected chi connectivity index (χ1v) is 8.35. The van der Waals surface area contributed by atoms with Crippen molar-refractivity contribution < 1.29 is 0 Å². The van der Waals surface area contributed by atoms with Crippen molar-refractivity contribution in [3.8, 4) is 9.75 Å². The highest BCUT2D eigenvalue weighted by atomic mass is 32.1. The van der Waals surface area contributed by atoms with E-state index in [1.54, 1.807) is 0 Å². The average molecular weight is 278 g/mol. The first-order valence-electron chi connectivity index (χ1n) is 4.83. The molecule has 78 valence electrons. The van der Waals surface area contributed by atoms with Crippen molar-refractivity contribution in [2.75, 3.05) is 0 Å². The summed E-state index contributed by atoms with van der Waals surface area (Å²) in [5.74, 6) is 0. The fourth-order valence-electron chi connectivity index (χ4n) is 1.86. The van der Waals surface area contributed by atoms with Crippen LogP contribution in [-0.2, 0) is 0 Å². The number of hydrogen-bond acceptors (Lipinski definition) is 4. The minimum absolute atomic E-state index is 1.39. The second-order valence-corrected chi connectivity index (χ2v) is 7.13. The van der Waals surface area contributed by atoms with Crippen LogP contribution in [0.2, 0.25) is 0 Å². The van der Waals surface area contributed by atoms with E-state index in [1.807, 2.05) is 45.3 Å². The molecule has 0 unspecified atom stereocenters. The van der Waals surface area contributed by atoms with Gasteiger partial charge in [-0.2, -0.15) is 0 Å². The van der Waals surface area contributed by atoms with Crippen LogP contribution in [0.4, 0.5) is 0 Å². The summed E-state index contributed by atoms with van der Waals surface area (Å²) in [6.07, 6.45) is 0. The van der Waals surface area contributed by atoms with Gasteiger partial charge in [-0.15, -0.1) is 45.3 Å². The summed E-state index contributed by atoms with van der Waals surface area (Å²) in [7, 11) is 0. The van der Waals surface area contributed by atoms with E-state index in [4.69, 9.17) is 0 Å². The third-order valence-corrected chi connectivity index (χ3v) is 6.93. The van der Waals surface area contributed by atoms with Crippen LogP contribution in [0.25, 0.3) is 29.9 Å². The van der Waals surface area contributed by atoms with Crippen LogP contribution in [-0.4, -0.2) is 0 Å². The molecule has 0 bridgehead atoms. The Hall–Kier alpha value is -0.680. The zero-order valence-electron chi connectivity index (χ0n) is 8.10. The zero-order valence-corrected chi connectivity index (χ0v) is 11.4. The lowest BCUT2D eigenvalue weighted by Crippen LogP contribution is -1.60. The van der Waals surface area contributed by atoms with Crippen LogP contribution in [0.15, 0.2) is 33.7 Å². The molecule has 4 aromatic rings. The van der Waals surface area contributed by atoms with Gasteiger partial charge in [0.1, 0.15) is 0 Å². The van der Waals surface area contributed by atoms with E-state index >= 15 is 0 Å². The lowest BCUT2D eigenvalue weighted by molar-refractivity contribution is 2.17. The van der Waals surface area contributed by atoms with Crippen molar-refractivity contribution in [3.05, 3.63) is 33.7 Å². The van der Waals surface area contributed by atoms with Gasteiger partial charge in [-0.25, -0.2) is 0 Å². The molecule has 0 aliphatic carbocycles. The molecule has 0 aliphatic heterocycles. The van der Waals surface area contributed by atoms with Gasteiger partial charge in [-0.1, -0.05) is 0 Å². The summed E-state index contributed by atoms with van der Waals surface area (Å²) >= 11 is 7.45. The lowest BCUT2D eigenvalue weighted by Gasteiger charge is -1.91. The van der Waals surface area contributed by atoms with Crippen LogP contribution in [0.5, 0.6) is 0 Å². The van der Waals surface area contributed by atoms with Gasteiger partial charge in [0, 0.05) is 21.5 Å². The molecular weight excluding hydrogens is 272 g/mol. The van der Waals surface area contributed by atoms with Crippen molar-refractivity contribution >= 4 is 65.5 Å². The van der Waals surface area contributed by atoms with Crippen LogP contribution in [0.1, 0.15) is 0 Å². The molecular formula is C12H6S4. The van der Waals surface area contributed by atoms with Crippen LogP contribution in [0.3, 0.4) is 0 Å². The highest BCUT2D eigenvalue weighted by Gasteiger charge is 2.13. The van der Waals surface area contributed by atoms with Gasteiger partial charge in [0.25, 0.3) is 0 Å². The average Bonchev–Trinajstić information content (AvgIpc) is 2.97. The molecule has 0 nitrogen and oxygen atoms in total. The second kappa shape index (κ2) is 3.40. The van der Waals surface area contributed by atoms with Gasteiger partial charge in [-0.3, -0.25) is 0 Å². The molecule has 4 rings (SSSR count). The molecule has 4 heteroatoms. The second-order valence-electron chi connectivity index (χ2n) is 3.54. The summed E-state index contributed by atoms with van der Waals surface area (Å²) in [6.45, 7) is 0. The Morgan fingerprint density at radius 1 is 0.625 bits per heavy atom. The van der Waals surface area contributed by atoms with Gasteiger partial charge in [-0.05, 0) is 22.9 Å². The molecule has 0 fully saturated rings. The maximum absolute atomic E-state index is 2.26. The van der Waals surface area contributed by atoms with Gasteiger partial charge < -0.3 is 0 Å². The quantitative estimate of drug-likeness (QED) is 0.406. The molecule has 0 atom stereocenters. The van der Waals surface area contributed by atoms with Crippen LogP contribution >= 0.6 is 45.3 Å². The molecule has 0 amide bonds. The first kappa shape index (κ1) is 9.36. The Kier molecular flexibility index (Phi) is 1.99. The third-order valence-electron chi connectivity index (χ3n) is 2.62. The Morgan fingerprint density at radius 2 is 1.12 bits per heavy atom. The lowest BCUT2D eigenvalue weighted by atomic mass is 10.3.